The van der Waals surface area contributed by atoms with Gasteiger partial charge in [0, 0.05) is 18.4 Å². The summed E-state index contributed by atoms with van der Waals surface area (Å²) < 4.78 is 79.7. The Balaban J connectivity index is 5.40. The first kappa shape index (κ1) is 19.5. The molecule has 0 saturated carbocycles. The Labute approximate surface area is 116 Å². The number of esters is 1. The number of ether oxygens (including phenoxy) is 1. The highest BCUT2D eigenvalue weighted by atomic mass is 19.4. The van der Waals surface area contributed by atoms with Crippen molar-refractivity contribution in [2.24, 2.45) is 0 Å². The van der Waals surface area contributed by atoms with E-state index in [0.717, 1.165) is 6.08 Å². The lowest BCUT2D eigenvalue weighted by Gasteiger charge is -2.34. The second-order valence-electron chi connectivity index (χ2n) is 4.39. The molecular formula is C12H14F6O3. The zero-order valence-corrected chi connectivity index (χ0v) is 11.0. The smallest absolute Gasteiger partial charge is 0.426 e. The molecule has 0 rings (SSSR count). The van der Waals surface area contributed by atoms with E-state index >= 15 is 0 Å². The Morgan fingerprint density at radius 1 is 1.24 bits per heavy atom. The molecule has 0 radical (unpaired) electrons. The van der Waals surface area contributed by atoms with E-state index in [2.05, 4.69) is 17.9 Å². The summed E-state index contributed by atoms with van der Waals surface area (Å²) in [6.45, 7) is 7.48. The number of rotatable bonds is 6. The SMILES string of the molecule is C=CCC(CC(O)(C(F)(F)F)C(F)(F)F)OC(=O)C(=C)C. The molecule has 21 heavy (non-hydrogen) atoms. The van der Waals surface area contributed by atoms with Crippen molar-refractivity contribution in [1.82, 2.24) is 0 Å². The van der Waals surface area contributed by atoms with Crippen LogP contribution in [0.3, 0.4) is 0 Å². The molecule has 0 bridgehead atoms. The Morgan fingerprint density at radius 2 is 1.67 bits per heavy atom. The summed E-state index contributed by atoms with van der Waals surface area (Å²) in [7, 11) is 0. The quantitative estimate of drug-likeness (QED) is 0.353. The van der Waals surface area contributed by atoms with Gasteiger partial charge in [-0.25, -0.2) is 4.79 Å². The van der Waals surface area contributed by atoms with E-state index in [0.29, 0.717) is 0 Å². The molecular weight excluding hydrogens is 306 g/mol. The summed E-state index contributed by atoms with van der Waals surface area (Å²) in [5, 5.41) is 9.03. The molecule has 0 aromatic rings. The molecule has 0 saturated heterocycles. The van der Waals surface area contributed by atoms with Crippen LogP contribution in [0.2, 0.25) is 0 Å². The molecule has 0 aromatic heterocycles. The number of carbonyl (C=O) groups excluding carboxylic acids is 1. The van der Waals surface area contributed by atoms with E-state index in [9.17, 15) is 31.1 Å². The first-order valence-electron chi connectivity index (χ1n) is 5.59. The van der Waals surface area contributed by atoms with Gasteiger partial charge in [0.15, 0.2) is 0 Å². The van der Waals surface area contributed by atoms with E-state index in [1.54, 1.807) is 0 Å². The molecule has 122 valence electrons. The molecule has 0 aliphatic heterocycles. The van der Waals surface area contributed by atoms with Gasteiger partial charge in [0.1, 0.15) is 6.10 Å². The third kappa shape index (κ3) is 4.76. The summed E-state index contributed by atoms with van der Waals surface area (Å²) in [5.41, 5.74) is -5.19. The maximum absolute atomic E-state index is 12.5. The first-order chi connectivity index (χ1) is 9.26. The third-order valence-electron chi connectivity index (χ3n) is 2.51. The Morgan fingerprint density at radius 3 is 1.95 bits per heavy atom. The van der Waals surface area contributed by atoms with Gasteiger partial charge in [-0.1, -0.05) is 12.7 Å². The molecule has 3 nitrogen and oxygen atoms in total. The molecule has 0 amide bonds. The van der Waals surface area contributed by atoms with Crippen molar-refractivity contribution in [3.63, 3.8) is 0 Å². The van der Waals surface area contributed by atoms with Crippen molar-refractivity contribution in [3.8, 4) is 0 Å². The second kappa shape index (κ2) is 6.50. The van der Waals surface area contributed by atoms with Gasteiger partial charge in [0.05, 0.1) is 0 Å². The zero-order valence-electron chi connectivity index (χ0n) is 11.0. The minimum absolute atomic E-state index is 0.202. The van der Waals surface area contributed by atoms with Gasteiger partial charge in [0.2, 0.25) is 0 Å². The lowest BCUT2D eigenvalue weighted by molar-refractivity contribution is -0.373. The minimum atomic E-state index is -5.97. The zero-order chi connectivity index (χ0) is 17.1. The van der Waals surface area contributed by atoms with Gasteiger partial charge in [-0.05, 0) is 6.92 Å². The summed E-state index contributed by atoms with van der Waals surface area (Å²) in [4.78, 5) is 11.2. The summed E-state index contributed by atoms with van der Waals surface area (Å²) in [5.74, 6) is -1.16. The molecule has 0 aliphatic carbocycles. The normalized spacial score (nSPS) is 14.5. The molecule has 9 heteroatoms. The Hall–Kier alpha value is -1.51. The summed E-state index contributed by atoms with van der Waals surface area (Å²) in [6.07, 6.45) is -15.2. The Kier molecular flexibility index (Phi) is 6.04. The van der Waals surface area contributed by atoms with Gasteiger partial charge < -0.3 is 9.84 Å². The fourth-order valence-corrected chi connectivity index (χ4v) is 1.33. The maximum atomic E-state index is 12.5. The van der Waals surface area contributed by atoms with Crippen LogP contribution in [0.4, 0.5) is 26.3 Å². The number of hydrogen-bond acceptors (Lipinski definition) is 3. The minimum Gasteiger partial charge on any atom is -0.459 e. The summed E-state index contributed by atoms with van der Waals surface area (Å²) >= 11 is 0. The van der Waals surface area contributed by atoms with E-state index in [1.165, 1.54) is 6.92 Å². The van der Waals surface area contributed by atoms with E-state index in [-0.39, 0.29) is 5.57 Å². The standard InChI is InChI=1S/C12H14F6O3/c1-4-5-8(21-9(19)7(2)3)6-10(20,11(13,14)15)12(16,17)18/h4,8,20H,1-2,5-6H2,3H3. The third-order valence-corrected chi connectivity index (χ3v) is 2.51. The van der Waals surface area contributed by atoms with Crippen molar-refractivity contribution >= 4 is 5.97 Å². The van der Waals surface area contributed by atoms with Gasteiger partial charge >= 0.3 is 18.3 Å². The second-order valence-corrected chi connectivity index (χ2v) is 4.39. The predicted molar refractivity (Wildman–Crippen MR) is 61.2 cm³/mol. The molecule has 0 heterocycles. The highest BCUT2D eigenvalue weighted by molar-refractivity contribution is 5.87. The number of carbonyl (C=O) groups is 1. The van der Waals surface area contributed by atoms with Crippen molar-refractivity contribution in [3.05, 3.63) is 24.8 Å². The topological polar surface area (TPSA) is 46.5 Å². The van der Waals surface area contributed by atoms with Gasteiger partial charge in [-0.2, -0.15) is 26.3 Å². The van der Waals surface area contributed by atoms with Crippen LogP contribution in [0, 0.1) is 0 Å². The molecule has 0 aliphatic rings. The number of alkyl halides is 6. The Bertz CT molecular complexity index is 396. The summed E-state index contributed by atoms with van der Waals surface area (Å²) in [6, 6.07) is 0. The molecule has 0 aromatic carbocycles. The van der Waals surface area contributed by atoms with Crippen LogP contribution < -0.4 is 0 Å². The lowest BCUT2D eigenvalue weighted by atomic mass is 9.93. The van der Waals surface area contributed by atoms with Crippen LogP contribution in [-0.4, -0.2) is 35.1 Å². The molecule has 0 fully saturated rings. The predicted octanol–water partition coefficient (Wildman–Crippen LogP) is 3.30. The number of aliphatic hydroxyl groups is 1. The van der Waals surface area contributed by atoms with Crippen LogP contribution in [0.15, 0.2) is 24.8 Å². The highest BCUT2D eigenvalue weighted by Gasteiger charge is 2.70. The van der Waals surface area contributed by atoms with Crippen LogP contribution in [0.5, 0.6) is 0 Å². The van der Waals surface area contributed by atoms with Crippen LogP contribution >= 0.6 is 0 Å². The van der Waals surface area contributed by atoms with Crippen molar-refractivity contribution in [2.75, 3.05) is 0 Å². The highest BCUT2D eigenvalue weighted by Crippen LogP contribution is 2.46. The first-order valence-corrected chi connectivity index (χ1v) is 5.59. The number of hydrogen-bond donors (Lipinski definition) is 1. The molecule has 1 unspecified atom stereocenters. The van der Waals surface area contributed by atoms with E-state index in [4.69, 9.17) is 5.11 Å². The molecule has 1 atom stereocenters. The van der Waals surface area contributed by atoms with Gasteiger partial charge in [0.25, 0.3) is 5.60 Å². The average Bonchev–Trinajstić information content (AvgIpc) is 2.25. The van der Waals surface area contributed by atoms with Crippen molar-refractivity contribution in [2.45, 2.75) is 43.8 Å². The molecule has 0 spiro atoms. The molecule has 1 N–H and O–H groups in total. The number of halogens is 6. The average molecular weight is 320 g/mol. The monoisotopic (exact) mass is 320 g/mol. The fourth-order valence-electron chi connectivity index (χ4n) is 1.33. The largest absolute Gasteiger partial charge is 0.459 e. The van der Waals surface area contributed by atoms with E-state index < -0.39 is 42.9 Å². The fraction of sp³-hybridized carbons (Fsp3) is 0.583. The van der Waals surface area contributed by atoms with Crippen molar-refractivity contribution in [1.29, 1.82) is 0 Å². The van der Waals surface area contributed by atoms with Crippen molar-refractivity contribution < 1.29 is 41.0 Å². The van der Waals surface area contributed by atoms with Crippen LogP contribution in [-0.2, 0) is 9.53 Å². The van der Waals surface area contributed by atoms with Crippen LogP contribution in [0.1, 0.15) is 19.8 Å². The van der Waals surface area contributed by atoms with Gasteiger partial charge in [-0.3, -0.25) is 0 Å². The lowest BCUT2D eigenvalue weighted by Crippen LogP contribution is -2.58. The van der Waals surface area contributed by atoms with Crippen LogP contribution in [0.25, 0.3) is 0 Å². The maximum Gasteiger partial charge on any atom is 0.426 e. The van der Waals surface area contributed by atoms with E-state index in [1.807, 2.05) is 0 Å². The van der Waals surface area contributed by atoms with Gasteiger partial charge in [-0.15, -0.1) is 6.58 Å².